The fourth-order valence-electron chi connectivity index (χ4n) is 1.54. The van der Waals surface area contributed by atoms with Gasteiger partial charge in [0.15, 0.2) is 0 Å². The van der Waals surface area contributed by atoms with Gasteiger partial charge in [-0.05, 0) is 0 Å². The van der Waals surface area contributed by atoms with Gasteiger partial charge in [-0.2, -0.15) is 0 Å². The summed E-state index contributed by atoms with van der Waals surface area (Å²) in [6, 6.07) is 0. The third kappa shape index (κ3) is 2.20. The van der Waals surface area contributed by atoms with E-state index in [1.165, 1.54) is 32.0 Å². The molecule has 98 valence electrons. The Morgan fingerprint density at radius 2 is 1.44 bits per heavy atom. The molecule has 7 nitrogen and oxygen atoms in total. The highest BCUT2D eigenvalue weighted by Gasteiger charge is 2.30. The minimum Gasteiger partial charge on any atom is -0.465 e. The van der Waals surface area contributed by atoms with Gasteiger partial charge in [-0.3, -0.25) is 0 Å². The number of ether oxygens (including phenoxy) is 3. The Bertz CT molecular complexity index is 502. The summed E-state index contributed by atoms with van der Waals surface area (Å²) in [5.74, 6) is -2.29. The molecule has 0 N–H and O–H groups in total. The van der Waals surface area contributed by atoms with Gasteiger partial charge in [0.05, 0.1) is 26.9 Å². The third-order valence-electron chi connectivity index (χ3n) is 2.36. The lowest BCUT2D eigenvalue weighted by Crippen LogP contribution is -2.16. The molecule has 0 spiro atoms. The standard InChI is InChI=1S/C11H13NO6/c1-12-5-6(9(13)16-2)7(10(14)17-3)8(12)11(15)18-4/h5H,1-4H3. The average molecular weight is 255 g/mol. The van der Waals surface area contributed by atoms with Crippen molar-refractivity contribution in [3.05, 3.63) is 23.0 Å². The first-order valence-electron chi connectivity index (χ1n) is 4.92. The Morgan fingerprint density at radius 1 is 0.944 bits per heavy atom. The van der Waals surface area contributed by atoms with Gasteiger partial charge >= 0.3 is 17.9 Å². The van der Waals surface area contributed by atoms with E-state index in [9.17, 15) is 14.4 Å². The molecule has 1 aromatic rings. The molecule has 0 fully saturated rings. The topological polar surface area (TPSA) is 83.8 Å². The summed E-state index contributed by atoms with van der Waals surface area (Å²) in [6.45, 7) is 0. The number of methoxy groups -OCH3 is 3. The molecule has 0 bridgehead atoms. The Morgan fingerprint density at radius 3 is 1.89 bits per heavy atom. The molecule has 0 saturated heterocycles. The Hall–Kier alpha value is -2.31. The fourth-order valence-corrected chi connectivity index (χ4v) is 1.54. The van der Waals surface area contributed by atoms with E-state index in [1.807, 2.05) is 0 Å². The van der Waals surface area contributed by atoms with Crippen LogP contribution >= 0.6 is 0 Å². The van der Waals surface area contributed by atoms with Crippen LogP contribution in [0.3, 0.4) is 0 Å². The number of aromatic nitrogens is 1. The molecule has 0 radical (unpaired) electrons. The lowest BCUT2D eigenvalue weighted by molar-refractivity contribution is 0.0535. The Labute approximate surface area is 103 Å². The second-order valence-electron chi connectivity index (χ2n) is 3.35. The first-order chi connectivity index (χ1) is 8.47. The monoisotopic (exact) mass is 255 g/mol. The molecule has 18 heavy (non-hydrogen) atoms. The Kier molecular flexibility index (Phi) is 4.09. The van der Waals surface area contributed by atoms with Crippen molar-refractivity contribution >= 4 is 17.9 Å². The van der Waals surface area contributed by atoms with E-state index < -0.39 is 17.9 Å². The van der Waals surface area contributed by atoms with Gasteiger partial charge in [0, 0.05) is 13.2 Å². The van der Waals surface area contributed by atoms with Crippen LogP contribution in [0.2, 0.25) is 0 Å². The normalized spacial score (nSPS) is 9.78. The molecule has 0 aliphatic carbocycles. The zero-order valence-electron chi connectivity index (χ0n) is 10.5. The van der Waals surface area contributed by atoms with Crippen LogP contribution in [0.25, 0.3) is 0 Å². The maximum Gasteiger partial charge on any atom is 0.355 e. The van der Waals surface area contributed by atoms with Crippen molar-refractivity contribution in [2.75, 3.05) is 21.3 Å². The SMILES string of the molecule is COC(=O)c1cn(C)c(C(=O)OC)c1C(=O)OC. The molecule has 0 aromatic carbocycles. The third-order valence-corrected chi connectivity index (χ3v) is 2.36. The van der Waals surface area contributed by atoms with Gasteiger partial charge in [-0.25, -0.2) is 14.4 Å². The van der Waals surface area contributed by atoms with Crippen molar-refractivity contribution in [3.8, 4) is 0 Å². The summed E-state index contributed by atoms with van der Waals surface area (Å²) < 4.78 is 15.0. The molecular weight excluding hydrogens is 242 g/mol. The van der Waals surface area contributed by atoms with E-state index in [-0.39, 0.29) is 16.8 Å². The van der Waals surface area contributed by atoms with E-state index in [2.05, 4.69) is 14.2 Å². The summed E-state index contributed by atoms with van der Waals surface area (Å²) in [5.41, 5.74) is -0.282. The summed E-state index contributed by atoms with van der Waals surface area (Å²) >= 11 is 0. The van der Waals surface area contributed by atoms with E-state index in [1.54, 1.807) is 0 Å². The van der Waals surface area contributed by atoms with Crippen molar-refractivity contribution in [1.29, 1.82) is 0 Å². The predicted molar refractivity (Wildman–Crippen MR) is 59.4 cm³/mol. The number of esters is 3. The van der Waals surface area contributed by atoms with Gasteiger partial charge in [-0.15, -0.1) is 0 Å². The van der Waals surface area contributed by atoms with Crippen LogP contribution in [0.5, 0.6) is 0 Å². The number of carbonyl (C=O) groups excluding carboxylic acids is 3. The van der Waals surface area contributed by atoms with Crippen LogP contribution in [0.4, 0.5) is 0 Å². The highest BCUT2D eigenvalue weighted by Crippen LogP contribution is 2.20. The number of hydrogen-bond acceptors (Lipinski definition) is 6. The van der Waals surface area contributed by atoms with Crippen LogP contribution in [0.1, 0.15) is 31.2 Å². The van der Waals surface area contributed by atoms with Gasteiger partial charge < -0.3 is 18.8 Å². The van der Waals surface area contributed by atoms with Crippen molar-refractivity contribution in [1.82, 2.24) is 4.57 Å². The lowest BCUT2D eigenvalue weighted by Gasteiger charge is -2.04. The molecule has 0 amide bonds. The molecule has 0 atom stereocenters. The highest BCUT2D eigenvalue weighted by molar-refractivity contribution is 6.10. The number of carbonyl (C=O) groups is 3. The smallest absolute Gasteiger partial charge is 0.355 e. The van der Waals surface area contributed by atoms with Crippen LogP contribution in [0, 0.1) is 0 Å². The molecular formula is C11H13NO6. The zero-order chi connectivity index (χ0) is 13.9. The van der Waals surface area contributed by atoms with Crippen molar-refractivity contribution in [2.24, 2.45) is 7.05 Å². The minimum absolute atomic E-state index is 0.0488. The molecule has 0 aliphatic rings. The molecule has 0 aliphatic heterocycles. The fraction of sp³-hybridized carbons (Fsp3) is 0.364. The van der Waals surface area contributed by atoms with Gasteiger partial charge in [-0.1, -0.05) is 0 Å². The van der Waals surface area contributed by atoms with Crippen molar-refractivity contribution < 1.29 is 28.6 Å². The van der Waals surface area contributed by atoms with Crippen LogP contribution < -0.4 is 0 Å². The maximum absolute atomic E-state index is 11.7. The molecule has 7 heteroatoms. The number of rotatable bonds is 3. The van der Waals surface area contributed by atoms with E-state index in [0.29, 0.717) is 0 Å². The Balaban J connectivity index is 3.51. The van der Waals surface area contributed by atoms with E-state index in [0.717, 1.165) is 7.11 Å². The van der Waals surface area contributed by atoms with Crippen molar-refractivity contribution in [2.45, 2.75) is 0 Å². The molecule has 0 unspecified atom stereocenters. The number of nitrogens with zero attached hydrogens (tertiary/aromatic N) is 1. The first-order valence-corrected chi connectivity index (χ1v) is 4.92. The average Bonchev–Trinajstić information content (AvgIpc) is 2.73. The second kappa shape index (κ2) is 5.35. The summed E-state index contributed by atoms with van der Waals surface area (Å²) in [4.78, 5) is 34.8. The second-order valence-corrected chi connectivity index (χ2v) is 3.35. The van der Waals surface area contributed by atoms with Gasteiger partial charge in [0.25, 0.3) is 0 Å². The first kappa shape index (κ1) is 13.8. The lowest BCUT2D eigenvalue weighted by atomic mass is 10.1. The number of hydrogen-bond donors (Lipinski definition) is 0. The number of aryl methyl sites for hydroxylation is 1. The van der Waals surface area contributed by atoms with Crippen LogP contribution in [-0.2, 0) is 21.3 Å². The van der Waals surface area contributed by atoms with E-state index in [4.69, 9.17) is 0 Å². The maximum atomic E-state index is 11.7. The largest absolute Gasteiger partial charge is 0.465 e. The molecule has 1 heterocycles. The zero-order valence-corrected chi connectivity index (χ0v) is 10.5. The molecule has 1 rings (SSSR count). The summed E-state index contributed by atoms with van der Waals surface area (Å²) in [7, 11) is 5.00. The van der Waals surface area contributed by atoms with Crippen molar-refractivity contribution in [3.63, 3.8) is 0 Å². The van der Waals surface area contributed by atoms with Gasteiger partial charge in [0.2, 0.25) is 0 Å². The summed E-state index contributed by atoms with van der Waals surface area (Å²) in [6.07, 6.45) is 1.31. The molecule has 1 aromatic heterocycles. The minimum atomic E-state index is -0.809. The van der Waals surface area contributed by atoms with E-state index >= 15 is 0 Å². The van der Waals surface area contributed by atoms with Crippen LogP contribution in [0.15, 0.2) is 6.20 Å². The van der Waals surface area contributed by atoms with Gasteiger partial charge in [0.1, 0.15) is 11.3 Å². The molecule has 0 saturated carbocycles. The van der Waals surface area contributed by atoms with Crippen LogP contribution in [-0.4, -0.2) is 43.8 Å². The predicted octanol–water partition coefficient (Wildman–Crippen LogP) is 0.385. The highest BCUT2D eigenvalue weighted by atomic mass is 16.5. The quantitative estimate of drug-likeness (QED) is 0.573. The summed E-state index contributed by atoms with van der Waals surface area (Å²) in [5, 5.41) is 0.